The molecule has 1 aromatic carbocycles. The second kappa shape index (κ2) is 10.0. The molecule has 1 saturated heterocycles. The number of aliphatic hydroxyl groups excluding tert-OH is 1. The number of halogens is 2. The lowest BCUT2D eigenvalue weighted by Gasteiger charge is -2.45. The normalized spacial score (nSPS) is 22.2. The van der Waals surface area contributed by atoms with Gasteiger partial charge >= 0.3 is 5.91 Å². The van der Waals surface area contributed by atoms with Gasteiger partial charge in [0.25, 0.3) is 0 Å². The number of amides is 1. The first-order valence-electron chi connectivity index (χ1n) is 10.8. The highest BCUT2D eigenvalue weighted by Gasteiger charge is 2.48. The van der Waals surface area contributed by atoms with Crippen LogP contribution >= 0.6 is 15.9 Å². The van der Waals surface area contributed by atoms with E-state index >= 15 is 0 Å². The maximum atomic E-state index is 13.0. The zero-order valence-electron chi connectivity index (χ0n) is 18.3. The summed E-state index contributed by atoms with van der Waals surface area (Å²) in [5.74, 6) is 0.553. The predicted molar refractivity (Wildman–Crippen MR) is 119 cm³/mol. The SMILES string of the molecule is CC1(C)Oc2cc[n+](C(=O)Cc3ccc(Br)cc3)cc2C(N2CCCCCC2=O)C1O.[Br-]. The topological polar surface area (TPSA) is 70.7 Å². The molecule has 4 rings (SSSR count). The second-order valence-corrected chi connectivity index (χ2v) is 9.78. The van der Waals surface area contributed by atoms with Gasteiger partial charge < -0.3 is 31.7 Å². The van der Waals surface area contributed by atoms with Crippen molar-refractivity contribution < 1.29 is 41.0 Å². The molecule has 2 aliphatic rings. The van der Waals surface area contributed by atoms with E-state index in [0.717, 1.165) is 29.3 Å². The van der Waals surface area contributed by atoms with Crippen LogP contribution in [0.25, 0.3) is 0 Å². The van der Waals surface area contributed by atoms with Crippen LogP contribution < -0.4 is 26.3 Å². The van der Waals surface area contributed by atoms with Crippen molar-refractivity contribution in [3.8, 4) is 5.75 Å². The molecule has 32 heavy (non-hydrogen) atoms. The lowest BCUT2D eigenvalue weighted by atomic mass is 9.86. The Hall–Kier alpha value is -1.77. The van der Waals surface area contributed by atoms with E-state index in [4.69, 9.17) is 4.74 Å². The Bertz CT molecular complexity index is 994. The molecule has 0 saturated carbocycles. The number of hydrogen-bond donors (Lipinski definition) is 1. The van der Waals surface area contributed by atoms with Crippen LogP contribution in [0.3, 0.4) is 0 Å². The molecule has 1 aromatic heterocycles. The maximum absolute atomic E-state index is 13.0. The highest BCUT2D eigenvalue weighted by atomic mass is 79.9. The largest absolute Gasteiger partial charge is 1.00 e. The van der Waals surface area contributed by atoms with E-state index in [1.54, 1.807) is 23.4 Å². The number of aliphatic hydroxyl groups is 1. The summed E-state index contributed by atoms with van der Waals surface area (Å²) < 4.78 is 8.56. The Morgan fingerprint density at radius 1 is 1.22 bits per heavy atom. The molecule has 1 N–H and O–H groups in total. The average Bonchev–Trinajstić information content (AvgIpc) is 2.94. The van der Waals surface area contributed by atoms with Crippen molar-refractivity contribution in [1.29, 1.82) is 0 Å². The average molecular weight is 568 g/mol. The van der Waals surface area contributed by atoms with Crippen LogP contribution in [0.2, 0.25) is 0 Å². The number of benzene rings is 1. The number of carbonyl (C=O) groups excluding carboxylic acids is 2. The molecule has 6 nitrogen and oxygen atoms in total. The van der Waals surface area contributed by atoms with Crippen molar-refractivity contribution in [3.63, 3.8) is 0 Å². The fourth-order valence-corrected chi connectivity index (χ4v) is 4.63. The molecule has 8 heteroatoms. The van der Waals surface area contributed by atoms with Gasteiger partial charge in [-0.05, 0) is 44.4 Å². The van der Waals surface area contributed by atoms with E-state index in [2.05, 4.69) is 15.9 Å². The van der Waals surface area contributed by atoms with E-state index < -0.39 is 17.7 Å². The number of fused-ring (bicyclic) bond motifs is 1. The highest BCUT2D eigenvalue weighted by molar-refractivity contribution is 9.10. The Labute approximate surface area is 207 Å². The molecule has 3 heterocycles. The summed E-state index contributed by atoms with van der Waals surface area (Å²) in [5.41, 5.74) is 0.738. The van der Waals surface area contributed by atoms with Crippen LogP contribution in [0, 0.1) is 0 Å². The molecule has 0 radical (unpaired) electrons. The predicted octanol–water partition coefficient (Wildman–Crippen LogP) is 0.599. The first-order chi connectivity index (χ1) is 14.8. The Morgan fingerprint density at radius 3 is 2.66 bits per heavy atom. The van der Waals surface area contributed by atoms with E-state index in [0.29, 0.717) is 24.3 Å². The summed E-state index contributed by atoms with van der Waals surface area (Å²) in [6.45, 7) is 4.25. The third-order valence-corrected chi connectivity index (χ3v) is 6.68. The van der Waals surface area contributed by atoms with E-state index in [1.165, 1.54) is 4.57 Å². The maximum Gasteiger partial charge on any atom is 0.396 e. The number of aromatic nitrogens is 1. The van der Waals surface area contributed by atoms with Gasteiger partial charge in [-0.15, -0.1) is 4.57 Å². The standard InChI is InChI=1S/C24H28BrN2O4.BrH/c1-24(2)23(30)22(27-12-5-3-4-6-20(27)28)18-15-26(13-11-19(18)31-24)21(29)14-16-7-9-17(25)10-8-16;/h7-11,13,15,22-23,30H,3-6,12,14H2,1-2H3;1H/q+1;/p-1. The van der Waals surface area contributed by atoms with Crippen LogP contribution in [-0.4, -0.2) is 40.1 Å². The minimum atomic E-state index is -0.903. The number of rotatable bonds is 3. The molecule has 172 valence electrons. The number of hydrogen-bond acceptors (Lipinski definition) is 4. The van der Waals surface area contributed by atoms with Crippen molar-refractivity contribution in [2.75, 3.05) is 6.54 Å². The van der Waals surface area contributed by atoms with E-state index in [1.807, 2.05) is 38.1 Å². The summed E-state index contributed by atoms with van der Waals surface area (Å²) >= 11 is 3.41. The summed E-state index contributed by atoms with van der Waals surface area (Å²) in [6.07, 6.45) is 6.01. The third kappa shape index (κ3) is 5.07. The monoisotopic (exact) mass is 566 g/mol. The lowest BCUT2D eigenvalue weighted by Crippen LogP contribution is -3.00. The molecule has 0 bridgehead atoms. The third-order valence-electron chi connectivity index (χ3n) is 6.15. The van der Waals surface area contributed by atoms with Gasteiger partial charge in [-0.25, -0.2) is 4.79 Å². The summed E-state index contributed by atoms with van der Waals surface area (Å²) in [6, 6.07) is 8.86. The van der Waals surface area contributed by atoms with Crippen LogP contribution in [0.5, 0.6) is 5.75 Å². The lowest BCUT2D eigenvalue weighted by molar-refractivity contribution is -0.575. The highest BCUT2D eigenvalue weighted by Crippen LogP contribution is 2.43. The van der Waals surface area contributed by atoms with Crippen molar-refractivity contribution in [3.05, 3.63) is 58.3 Å². The van der Waals surface area contributed by atoms with Gasteiger partial charge in [0.05, 0.1) is 18.0 Å². The van der Waals surface area contributed by atoms with Crippen molar-refractivity contribution in [1.82, 2.24) is 4.90 Å². The van der Waals surface area contributed by atoms with Gasteiger partial charge in [0.1, 0.15) is 17.5 Å². The minimum Gasteiger partial charge on any atom is -1.00 e. The van der Waals surface area contributed by atoms with Crippen molar-refractivity contribution in [2.24, 2.45) is 0 Å². The first-order valence-corrected chi connectivity index (χ1v) is 11.5. The number of carbonyl (C=O) groups is 2. The van der Waals surface area contributed by atoms with E-state index in [9.17, 15) is 14.7 Å². The Balaban J connectivity index is 0.00000289. The molecule has 2 aromatic rings. The zero-order chi connectivity index (χ0) is 22.2. The number of ether oxygens (including phenoxy) is 1. The smallest absolute Gasteiger partial charge is 0.396 e. The van der Waals surface area contributed by atoms with Crippen molar-refractivity contribution >= 4 is 27.7 Å². The molecule has 2 aliphatic heterocycles. The summed E-state index contributed by atoms with van der Waals surface area (Å²) in [7, 11) is 0. The quantitative estimate of drug-likeness (QED) is 0.552. The fraction of sp³-hybridized carbons (Fsp3) is 0.458. The second-order valence-electron chi connectivity index (χ2n) is 8.86. The van der Waals surface area contributed by atoms with E-state index in [-0.39, 0.29) is 35.2 Å². The van der Waals surface area contributed by atoms with Crippen LogP contribution in [0.15, 0.2) is 47.2 Å². The van der Waals surface area contributed by atoms with Gasteiger partial charge in [0.2, 0.25) is 5.91 Å². The van der Waals surface area contributed by atoms with Gasteiger partial charge in [0.15, 0.2) is 12.4 Å². The molecule has 0 spiro atoms. The molecule has 1 fully saturated rings. The molecular weight excluding hydrogens is 540 g/mol. The van der Waals surface area contributed by atoms with Crippen LogP contribution in [-0.2, 0) is 11.2 Å². The number of pyridine rings is 1. The first kappa shape index (κ1) is 24.9. The van der Waals surface area contributed by atoms with Gasteiger partial charge in [-0.3, -0.25) is 4.79 Å². The fourth-order valence-electron chi connectivity index (χ4n) is 4.37. The zero-order valence-corrected chi connectivity index (χ0v) is 21.4. The molecule has 2 unspecified atom stereocenters. The van der Waals surface area contributed by atoms with Gasteiger partial charge in [0, 0.05) is 23.5 Å². The minimum absolute atomic E-state index is 0. The van der Waals surface area contributed by atoms with Gasteiger partial charge in [-0.2, -0.15) is 0 Å². The molecular formula is C24H28Br2N2O4. The molecule has 0 aliphatic carbocycles. The number of nitrogens with zero attached hydrogens (tertiary/aromatic N) is 2. The van der Waals surface area contributed by atoms with Crippen molar-refractivity contribution in [2.45, 2.75) is 63.7 Å². The van der Waals surface area contributed by atoms with Gasteiger partial charge in [-0.1, -0.05) is 34.5 Å². The van der Waals surface area contributed by atoms with Crippen LogP contribution in [0.4, 0.5) is 0 Å². The van der Waals surface area contributed by atoms with Crippen LogP contribution in [0.1, 0.15) is 61.5 Å². The molecule has 1 amide bonds. The Kier molecular flexibility index (Phi) is 7.78. The molecule has 2 atom stereocenters. The summed E-state index contributed by atoms with van der Waals surface area (Å²) in [5, 5.41) is 11.2. The summed E-state index contributed by atoms with van der Waals surface area (Å²) in [4.78, 5) is 27.6. The number of likely N-dealkylation sites (tertiary alicyclic amines) is 1. The Morgan fingerprint density at radius 2 is 1.94 bits per heavy atom.